The van der Waals surface area contributed by atoms with Crippen molar-refractivity contribution in [2.75, 3.05) is 24.9 Å². The number of carbonyl (C=O) groups is 1. The van der Waals surface area contributed by atoms with Gasteiger partial charge in [-0.05, 0) is 75.8 Å². The lowest BCUT2D eigenvalue weighted by molar-refractivity contribution is -0.116. The molecule has 1 aliphatic carbocycles. The van der Waals surface area contributed by atoms with E-state index in [0.29, 0.717) is 34.4 Å². The second kappa shape index (κ2) is 9.14. The maximum absolute atomic E-state index is 14.0. The van der Waals surface area contributed by atoms with E-state index in [1.165, 1.54) is 6.07 Å². The summed E-state index contributed by atoms with van der Waals surface area (Å²) in [6, 6.07) is 18.2. The third kappa shape index (κ3) is 4.05. The maximum Gasteiger partial charge on any atom is 0.163 e. The Balaban J connectivity index is 1.59. The summed E-state index contributed by atoms with van der Waals surface area (Å²) in [5, 5.41) is 7.04. The summed E-state index contributed by atoms with van der Waals surface area (Å²) in [5.41, 5.74) is 5.19. The fourth-order valence-electron chi connectivity index (χ4n) is 4.78. The van der Waals surface area contributed by atoms with Crippen LogP contribution in [0.15, 0.2) is 76.4 Å². The second-order valence-electron chi connectivity index (χ2n) is 8.46. The number of benzene rings is 3. The molecular weight excluding hydrogens is 499 g/mol. The van der Waals surface area contributed by atoms with Crippen LogP contribution in [0.5, 0.6) is 11.5 Å². The molecule has 0 bridgehead atoms. The molecule has 1 aliphatic heterocycles. The van der Waals surface area contributed by atoms with E-state index in [9.17, 15) is 9.18 Å². The first kappa shape index (κ1) is 22.5. The van der Waals surface area contributed by atoms with Crippen molar-refractivity contribution >= 4 is 33.1 Å². The topological polar surface area (TPSA) is 59.6 Å². The summed E-state index contributed by atoms with van der Waals surface area (Å²) >= 11 is 3.29. The van der Waals surface area contributed by atoms with Gasteiger partial charge >= 0.3 is 0 Å². The molecule has 0 radical (unpaired) electrons. The number of allylic oxidation sites excluding steroid dienone is 1. The van der Waals surface area contributed by atoms with E-state index in [-0.39, 0.29) is 17.5 Å². The van der Waals surface area contributed by atoms with Crippen molar-refractivity contribution in [3.63, 3.8) is 0 Å². The Labute approximate surface area is 206 Å². The molecule has 34 heavy (non-hydrogen) atoms. The summed E-state index contributed by atoms with van der Waals surface area (Å²) in [6.45, 7) is 0. The van der Waals surface area contributed by atoms with E-state index in [1.807, 2.05) is 42.5 Å². The molecule has 0 fully saturated rings. The van der Waals surface area contributed by atoms with E-state index < -0.39 is 6.04 Å². The number of fused-ring (bicyclic) bond motifs is 1. The lowest BCUT2D eigenvalue weighted by atomic mass is 9.78. The van der Waals surface area contributed by atoms with Crippen LogP contribution in [0.25, 0.3) is 0 Å². The molecule has 0 saturated heterocycles. The summed E-state index contributed by atoms with van der Waals surface area (Å²) in [4.78, 5) is 13.6. The van der Waals surface area contributed by atoms with Crippen molar-refractivity contribution in [1.82, 2.24) is 0 Å². The highest BCUT2D eigenvalue weighted by Gasteiger charge is 2.36. The molecule has 3 aromatic carbocycles. The van der Waals surface area contributed by atoms with Gasteiger partial charge in [0.05, 0.1) is 36.1 Å². The van der Waals surface area contributed by atoms with Gasteiger partial charge in [0.15, 0.2) is 17.3 Å². The first-order valence-electron chi connectivity index (χ1n) is 11.0. The molecule has 2 N–H and O–H groups in total. The van der Waals surface area contributed by atoms with Crippen LogP contribution in [0.1, 0.15) is 35.9 Å². The zero-order chi connectivity index (χ0) is 23.8. The largest absolute Gasteiger partial charge is 0.493 e. The average molecular weight is 523 g/mol. The van der Waals surface area contributed by atoms with E-state index in [0.717, 1.165) is 28.2 Å². The Morgan fingerprint density at radius 2 is 1.65 bits per heavy atom. The van der Waals surface area contributed by atoms with Crippen LogP contribution in [-0.4, -0.2) is 20.0 Å². The second-order valence-corrected chi connectivity index (χ2v) is 9.31. The van der Waals surface area contributed by atoms with Crippen LogP contribution in [-0.2, 0) is 4.79 Å². The molecule has 174 valence electrons. The van der Waals surface area contributed by atoms with Crippen LogP contribution in [0.3, 0.4) is 0 Å². The van der Waals surface area contributed by atoms with Crippen LogP contribution in [0.4, 0.5) is 15.8 Å². The van der Waals surface area contributed by atoms with Crippen LogP contribution < -0.4 is 20.1 Å². The van der Waals surface area contributed by atoms with Gasteiger partial charge in [0.1, 0.15) is 5.82 Å². The molecule has 7 heteroatoms. The number of para-hydroxylation sites is 2. The van der Waals surface area contributed by atoms with E-state index in [1.54, 1.807) is 26.4 Å². The predicted molar refractivity (Wildman–Crippen MR) is 134 cm³/mol. The molecule has 5 rings (SSSR count). The Morgan fingerprint density at radius 3 is 2.38 bits per heavy atom. The molecule has 0 amide bonds. The minimum Gasteiger partial charge on any atom is -0.493 e. The van der Waals surface area contributed by atoms with Crippen molar-refractivity contribution in [3.05, 3.63) is 93.4 Å². The van der Waals surface area contributed by atoms with Crippen molar-refractivity contribution < 1.29 is 18.7 Å². The van der Waals surface area contributed by atoms with E-state index in [4.69, 9.17) is 9.47 Å². The van der Waals surface area contributed by atoms with Gasteiger partial charge < -0.3 is 20.1 Å². The highest BCUT2D eigenvalue weighted by Crippen LogP contribution is 2.45. The first-order chi connectivity index (χ1) is 16.5. The number of rotatable bonds is 4. The molecule has 0 unspecified atom stereocenters. The summed E-state index contributed by atoms with van der Waals surface area (Å²) in [6.07, 6.45) is 1.03. The van der Waals surface area contributed by atoms with Crippen molar-refractivity contribution in [2.45, 2.75) is 24.8 Å². The third-order valence-electron chi connectivity index (χ3n) is 6.46. The molecule has 0 saturated carbocycles. The van der Waals surface area contributed by atoms with Crippen molar-refractivity contribution in [2.24, 2.45) is 0 Å². The van der Waals surface area contributed by atoms with Gasteiger partial charge in [0.25, 0.3) is 0 Å². The molecular formula is C27H24BrFN2O3. The standard InChI is InChI=1S/C27H24BrFN2O3/c1-33-24-10-8-15(14-25(24)34-2)17-12-22-26(23(32)13-17)27(16-7-9-19(29)18(28)11-16)31-21-6-4-3-5-20(21)30-22/h3-11,14,17,27,30-31H,12-13H2,1-2H3/t17-,27+/m1/s1. The van der Waals surface area contributed by atoms with Gasteiger partial charge in [-0.1, -0.05) is 24.3 Å². The molecule has 5 nitrogen and oxygen atoms in total. The number of Topliss-reactive ketones (excluding diaryl/α,β-unsaturated/α-hetero) is 1. The zero-order valence-corrected chi connectivity index (χ0v) is 20.4. The summed E-state index contributed by atoms with van der Waals surface area (Å²) in [7, 11) is 3.21. The van der Waals surface area contributed by atoms with Gasteiger partial charge in [-0.25, -0.2) is 4.39 Å². The summed E-state index contributed by atoms with van der Waals surface area (Å²) in [5.74, 6) is 1.00. The molecule has 2 atom stereocenters. The van der Waals surface area contributed by atoms with Crippen LogP contribution >= 0.6 is 15.9 Å². The molecule has 3 aromatic rings. The molecule has 1 heterocycles. The van der Waals surface area contributed by atoms with Gasteiger partial charge in [-0.15, -0.1) is 0 Å². The zero-order valence-electron chi connectivity index (χ0n) is 18.8. The molecule has 0 aromatic heterocycles. The van der Waals surface area contributed by atoms with E-state index in [2.05, 4.69) is 26.6 Å². The minimum absolute atomic E-state index is 0.00979. The Morgan fingerprint density at radius 1 is 0.912 bits per heavy atom. The number of methoxy groups -OCH3 is 2. The highest BCUT2D eigenvalue weighted by atomic mass is 79.9. The fraction of sp³-hybridized carbons (Fsp3) is 0.222. The molecule has 2 aliphatic rings. The normalized spacial score (nSPS) is 19.4. The lowest BCUT2D eigenvalue weighted by Gasteiger charge is -2.30. The SMILES string of the molecule is COc1ccc([C@H]2CC(=O)C3=C(C2)Nc2ccccc2N[C@H]3c2ccc(F)c(Br)c2)cc1OC. The van der Waals surface area contributed by atoms with Gasteiger partial charge in [-0.3, -0.25) is 4.79 Å². The number of hydrogen-bond acceptors (Lipinski definition) is 5. The quantitative estimate of drug-likeness (QED) is 0.405. The number of ketones is 1. The van der Waals surface area contributed by atoms with Crippen LogP contribution in [0.2, 0.25) is 0 Å². The Kier molecular flexibility index (Phi) is 6.04. The number of carbonyl (C=O) groups excluding carboxylic acids is 1. The predicted octanol–water partition coefficient (Wildman–Crippen LogP) is 6.58. The Hall–Kier alpha value is -3.32. The number of ether oxygens (including phenoxy) is 2. The maximum atomic E-state index is 14.0. The van der Waals surface area contributed by atoms with Gasteiger partial charge in [-0.2, -0.15) is 0 Å². The highest BCUT2D eigenvalue weighted by molar-refractivity contribution is 9.10. The summed E-state index contributed by atoms with van der Waals surface area (Å²) < 4.78 is 25.2. The first-order valence-corrected chi connectivity index (χ1v) is 11.8. The van der Waals surface area contributed by atoms with Crippen molar-refractivity contribution in [3.8, 4) is 11.5 Å². The lowest BCUT2D eigenvalue weighted by Crippen LogP contribution is -2.27. The fourth-order valence-corrected chi connectivity index (χ4v) is 5.17. The van der Waals surface area contributed by atoms with Crippen LogP contribution in [0, 0.1) is 5.82 Å². The van der Waals surface area contributed by atoms with Gasteiger partial charge in [0, 0.05) is 17.7 Å². The monoisotopic (exact) mass is 522 g/mol. The van der Waals surface area contributed by atoms with E-state index >= 15 is 0 Å². The average Bonchev–Trinajstić information content (AvgIpc) is 3.02. The third-order valence-corrected chi connectivity index (χ3v) is 7.07. The number of anilines is 2. The minimum atomic E-state index is -0.401. The Bertz CT molecular complexity index is 1310. The molecule has 0 spiro atoms. The smallest absolute Gasteiger partial charge is 0.163 e. The number of nitrogens with one attached hydrogen (secondary N) is 2. The number of halogens is 2. The number of hydrogen-bond donors (Lipinski definition) is 2. The van der Waals surface area contributed by atoms with Crippen molar-refractivity contribution in [1.29, 1.82) is 0 Å². The van der Waals surface area contributed by atoms with Gasteiger partial charge in [0.2, 0.25) is 0 Å².